The lowest BCUT2D eigenvalue weighted by molar-refractivity contribution is 0.170. The molecule has 9 heavy (non-hydrogen) atoms. The standard InChI is InChI=1S/C6H13NO2/c1-5(6(2)8)7-4-9-3/h4-6,8H,1-3H3. The molecule has 0 rings (SSSR count). The highest BCUT2D eigenvalue weighted by molar-refractivity contribution is 5.46. The summed E-state index contributed by atoms with van der Waals surface area (Å²) in [5.41, 5.74) is 0. The molecule has 2 unspecified atom stereocenters. The van der Waals surface area contributed by atoms with Crippen LogP contribution < -0.4 is 0 Å². The van der Waals surface area contributed by atoms with Crippen molar-refractivity contribution in [3.63, 3.8) is 0 Å². The Bertz CT molecular complexity index is 91.1. The Balaban J connectivity index is 3.48. The van der Waals surface area contributed by atoms with Crippen LogP contribution in [0.5, 0.6) is 0 Å². The molecule has 0 saturated heterocycles. The molecule has 0 heterocycles. The minimum Gasteiger partial charge on any atom is -0.487 e. The lowest BCUT2D eigenvalue weighted by atomic mass is 10.2. The molecule has 0 radical (unpaired) electrons. The quantitative estimate of drug-likeness (QED) is 0.446. The molecule has 3 heteroatoms. The number of rotatable bonds is 3. The number of aliphatic imine (C=N–C) groups is 1. The monoisotopic (exact) mass is 131 g/mol. The average Bonchev–Trinajstić information content (AvgIpc) is 1.82. The second-order valence-corrected chi connectivity index (χ2v) is 1.97. The summed E-state index contributed by atoms with van der Waals surface area (Å²) in [6.07, 6.45) is 0.925. The van der Waals surface area contributed by atoms with Gasteiger partial charge >= 0.3 is 0 Å². The van der Waals surface area contributed by atoms with Gasteiger partial charge in [0, 0.05) is 0 Å². The van der Waals surface area contributed by atoms with E-state index in [0.717, 1.165) is 0 Å². The summed E-state index contributed by atoms with van der Waals surface area (Å²) < 4.78 is 4.56. The van der Waals surface area contributed by atoms with Crippen LogP contribution in [0, 0.1) is 0 Å². The number of aliphatic hydroxyl groups is 1. The van der Waals surface area contributed by atoms with E-state index in [0.29, 0.717) is 0 Å². The molecule has 0 fully saturated rings. The third kappa shape index (κ3) is 3.97. The summed E-state index contributed by atoms with van der Waals surface area (Å²) in [4.78, 5) is 3.84. The first kappa shape index (κ1) is 8.43. The van der Waals surface area contributed by atoms with Crippen molar-refractivity contribution < 1.29 is 9.84 Å². The average molecular weight is 131 g/mol. The van der Waals surface area contributed by atoms with Crippen LogP contribution in [0.3, 0.4) is 0 Å². The number of nitrogens with zero attached hydrogens (tertiary/aromatic N) is 1. The maximum absolute atomic E-state index is 8.88. The summed E-state index contributed by atoms with van der Waals surface area (Å²) in [5.74, 6) is 0. The summed E-state index contributed by atoms with van der Waals surface area (Å²) in [7, 11) is 1.53. The first-order chi connectivity index (χ1) is 4.18. The van der Waals surface area contributed by atoms with E-state index in [9.17, 15) is 0 Å². The van der Waals surface area contributed by atoms with Crippen LogP contribution in [0.1, 0.15) is 13.8 Å². The van der Waals surface area contributed by atoms with Crippen molar-refractivity contribution >= 4 is 6.40 Å². The number of aliphatic hydroxyl groups excluding tert-OH is 1. The van der Waals surface area contributed by atoms with E-state index in [-0.39, 0.29) is 6.04 Å². The van der Waals surface area contributed by atoms with Crippen LogP contribution in [-0.2, 0) is 4.74 Å². The molecule has 0 amide bonds. The molecular weight excluding hydrogens is 118 g/mol. The number of ether oxygens (including phenoxy) is 1. The molecular formula is C6H13NO2. The molecule has 3 nitrogen and oxygen atoms in total. The normalized spacial score (nSPS) is 17.8. The molecule has 0 spiro atoms. The van der Waals surface area contributed by atoms with E-state index in [4.69, 9.17) is 5.11 Å². The van der Waals surface area contributed by atoms with Crippen molar-refractivity contribution in [1.82, 2.24) is 0 Å². The maximum atomic E-state index is 8.88. The zero-order chi connectivity index (χ0) is 7.28. The largest absolute Gasteiger partial charge is 0.487 e. The van der Waals surface area contributed by atoms with Crippen LogP contribution in [0.2, 0.25) is 0 Å². The molecule has 1 N–H and O–H groups in total. The predicted octanol–water partition coefficient (Wildman–Crippen LogP) is 0.430. The minimum atomic E-state index is -0.406. The van der Waals surface area contributed by atoms with Gasteiger partial charge in [0.05, 0.1) is 19.3 Å². The molecule has 0 aliphatic carbocycles. The van der Waals surface area contributed by atoms with Gasteiger partial charge in [-0.15, -0.1) is 0 Å². The Labute approximate surface area is 55.4 Å². The highest BCUT2D eigenvalue weighted by Crippen LogP contribution is 1.94. The SMILES string of the molecule is COC=NC(C)C(C)O. The van der Waals surface area contributed by atoms with E-state index in [1.807, 2.05) is 6.92 Å². The Morgan fingerprint density at radius 1 is 1.56 bits per heavy atom. The fourth-order valence-corrected chi connectivity index (χ4v) is 0.281. The van der Waals surface area contributed by atoms with E-state index >= 15 is 0 Å². The Morgan fingerprint density at radius 2 is 2.11 bits per heavy atom. The highest BCUT2D eigenvalue weighted by atomic mass is 16.5. The molecule has 54 valence electrons. The lowest BCUT2D eigenvalue weighted by Gasteiger charge is -2.06. The summed E-state index contributed by atoms with van der Waals surface area (Å²) in [6, 6.07) is -0.0788. The number of methoxy groups -OCH3 is 1. The molecule has 0 aromatic rings. The van der Waals surface area contributed by atoms with Gasteiger partial charge in [-0.05, 0) is 13.8 Å². The van der Waals surface area contributed by atoms with Crippen molar-refractivity contribution in [2.75, 3.05) is 7.11 Å². The van der Waals surface area contributed by atoms with Gasteiger partial charge < -0.3 is 9.84 Å². The highest BCUT2D eigenvalue weighted by Gasteiger charge is 2.03. The molecule has 0 aliphatic rings. The van der Waals surface area contributed by atoms with E-state index in [1.54, 1.807) is 6.92 Å². The van der Waals surface area contributed by atoms with Gasteiger partial charge in [0.2, 0.25) is 0 Å². The zero-order valence-electron chi connectivity index (χ0n) is 6.03. The van der Waals surface area contributed by atoms with Crippen molar-refractivity contribution in [2.24, 2.45) is 4.99 Å². The molecule has 0 aliphatic heterocycles. The maximum Gasteiger partial charge on any atom is 0.169 e. The lowest BCUT2D eigenvalue weighted by Crippen LogP contribution is -2.16. The van der Waals surface area contributed by atoms with Crippen molar-refractivity contribution in [3.05, 3.63) is 0 Å². The van der Waals surface area contributed by atoms with Gasteiger partial charge in [-0.2, -0.15) is 0 Å². The van der Waals surface area contributed by atoms with Crippen molar-refractivity contribution in [3.8, 4) is 0 Å². The fraction of sp³-hybridized carbons (Fsp3) is 0.833. The van der Waals surface area contributed by atoms with Crippen LogP contribution in [0.25, 0.3) is 0 Å². The van der Waals surface area contributed by atoms with Gasteiger partial charge in [-0.1, -0.05) is 0 Å². The van der Waals surface area contributed by atoms with Crippen LogP contribution in [0.4, 0.5) is 0 Å². The van der Waals surface area contributed by atoms with Gasteiger partial charge in [0.25, 0.3) is 0 Å². The molecule has 0 aromatic carbocycles. The predicted molar refractivity (Wildman–Crippen MR) is 36.6 cm³/mol. The Kier molecular flexibility index (Phi) is 4.05. The van der Waals surface area contributed by atoms with Crippen molar-refractivity contribution in [1.29, 1.82) is 0 Å². The second kappa shape index (κ2) is 4.32. The Hall–Kier alpha value is -0.570. The van der Waals surface area contributed by atoms with Crippen LogP contribution in [-0.4, -0.2) is 30.8 Å². The summed E-state index contributed by atoms with van der Waals surface area (Å²) in [6.45, 7) is 3.51. The number of hydrogen-bond acceptors (Lipinski definition) is 3. The van der Waals surface area contributed by atoms with Gasteiger partial charge in [-0.3, -0.25) is 4.99 Å². The minimum absolute atomic E-state index is 0.0788. The van der Waals surface area contributed by atoms with Crippen LogP contribution >= 0.6 is 0 Å². The molecule has 2 atom stereocenters. The summed E-state index contributed by atoms with van der Waals surface area (Å²) in [5, 5.41) is 8.88. The van der Waals surface area contributed by atoms with E-state index in [1.165, 1.54) is 13.5 Å². The second-order valence-electron chi connectivity index (χ2n) is 1.97. The van der Waals surface area contributed by atoms with Gasteiger partial charge in [-0.25, -0.2) is 0 Å². The van der Waals surface area contributed by atoms with E-state index < -0.39 is 6.10 Å². The fourth-order valence-electron chi connectivity index (χ4n) is 0.281. The molecule has 0 bridgehead atoms. The van der Waals surface area contributed by atoms with Crippen LogP contribution in [0.15, 0.2) is 4.99 Å². The first-order valence-electron chi connectivity index (χ1n) is 2.91. The molecule has 0 saturated carbocycles. The topological polar surface area (TPSA) is 41.8 Å². The van der Waals surface area contributed by atoms with Gasteiger partial charge in [0.1, 0.15) is 0 Å². The third-order valence-corrected chi connectivity index (χ3v) is 1.10. The smallest absolute Gasteiger partial charge is 0.169 e. The summed E-state index contributed by atoms with van der Waals surface area (Å²) >= 11 is 0. The number of hydrogen-bond donors (Lipinski definition) is 1. The first-order valence-corrected chi connectivity index (χ1v) is 2.91. The van der Waals surface area contributed by atoms with Gasteiger partial charge in [0.15, 0.2) is 6.40 Å². The third-order valence-electron chi connectivity index (χ3n) is 1.10. The Morgan fingerprint density at radius 3 is 2.44 bits per heavy atom. The van der Waals surface area contributed by atoms with E-state index in [2.05, 4.69) is 9.73 Å². The van der Waals surface area contributed by atoms with Crippen molar-refractivity contribution in [2.45, 2.75) is 26.0 Å². The molecule has 0 aromatic heterocycles. The zero-order valence-corrected chi connectivity index (χ0v) is 6.03.